The Balaban J connectivity index is 1.62. The summed E-state index contributed by atoms with van der Waals surface area (Å²) < 4.78 is 15.4. The van der Waals surface area contributed by atoms with Gasteiger partial charge in [0.25, 0.3) is 5.91 Å². The Morgan fingerprint density at radius 1 is 1.12 bits per heavy atom. The molecule has 0 spiro atoms. The second-order valence-corrected chi connectivity index (χ2v) is 10.8. The van der Waals surface area contributed by atoms with E-state index in [0.29, 0.717) is 52.0 Å². The predicted octanol–water partition coefficient (Wildman–Crippen LogP) is 1.26. The highest BCUT2D eigenvalue weighted by Crippen LogP contribution is 2.23. The number of hydrogen-bond donors (Lipinski definition) is 3. The quantitative estimate of drug-likeness (QED) is 0.166. The fourth-order valence-corrected chi connectivity index (χ4v) is 5.16. The minimum absolute atomic E-state index is 0.00578. The zero-order valence-electron chi connectivity index (χ0n) is 24.4. The molecule has 0 aliphatic carbocycles. The van der Waals surface area contributed by atoms with Crippen LogP contribution in [-0.2, 0) is 25.3 Å². The highest BCUT2D eigenvalue weighted by molar-refractivity contribution is 6.32. The van der Waals surface area contributed by atoms with E-state index >= 15 is 0 Å². The lowest BCUT2D eigenvalue weighted by Crippen LogP contribution is -2.55. The van der Waals surface area contributed by atoms with Gasteiger partial charge in [-0.15, -0.1) is 0 Å². The minimum Gasteiger partial charge on any atom is -0.453 e. The van der Waals surface area contributed by atoms with Gasteiger partial charge in [-0.05, 0) is 44.7 Å². The lowest BCUT2D eigenvalue weighted by Gasteiger charge is -2.42. The van der Waals surface area contributed by atoms with Crippen LogP contribution in [0, 0.1) is 11.3 Å². The molecule has 0 aromatic heterocycles. The van der Waals surface area contributed by atoms with Gasteiger partial charge in [-0.3, -0.25) is 15.0 Å². The minimum atomic E-state index is -2.10. The van der Waals surface area contributed by atoms with Gasteiger partial charge in [-0.1, -0.05) is 30.3 Å². The normalized spacial score (nSPS) is 19.2. The van der Waals surface area contributed by atoms with E-state index in [2.05, 4.69) is 10.2 Å². The van der Waals surface area contributed by atoms with Gasteiger partial charge in [0.2, 0.25) is 0 Å². The molecule has 3 N–H and O–H groups in total. The van der Waals surface area contributed by atoms with Crippen molar-refractivity contribution in [3.8, 4) is 6.07 Å². The van der Waals surface area contributed by atoms with E-state index in [4.69, 9.17) is 14.1 Å². The standard InChI is InChI=1S/C28H40BN5O8/c1-28(2,34-15-13-32(14-16-34)27(37)40-3)18-22(19-30)25(35)33-12-8-7-11-23(20-33)41-26(36)31-24(42-29(38)39)17-21-9-5-4-6-10-21/h4-6,9-10,18,23-24,38-39H,7-8,11-17,20H2,1-3H3,(H,31,36)/t23-,24-/m1/s1. The van der Waals surface area contributed by atoms with Crippen LogP contribution in [0.15, 0.2) is 42.0 Å². The molecule has 2 aliphatic rings. The smallest absolute Gasteiger partial charge is 0.453 e. The van der Waals surface area contributed by atoms with Crippen LogP contribution in [0.2, 0.25) is 0 Å². The van der Waals surface area contributed by atoms with Crippen molar-refractivity contribution in [1.82, 2.24) is 20.0 Å². The van der Waals surface area contributed by atoms with Crippen molar-refractivity contribution in [2.45, 2.75) is 57.4 Å². The monoisotopic (exact) mass is 585 g/mol. The zero-order chi connectivity index (χ0) is 30.7. The molecule has 0 unspecified atom stereocenters. The first kappa shape index (κ1) is 32.9. The predicted molar refractivity (Wildman–Crippen MR) is 152 cm³/mol. The Kier molecular flexibility index (Phi) is 12.2. The van der Waals surface area contributed by atoms with Crippen LogP contribution in [-0.4, -0.2) is 114 Å². The maximum absolute atomic E-state index is 13.5. The SMILES string of the molecule is COC(=O)N1CCN(C(C)(C)C=C(C#N)C(=O)N2CCCC[C@@H](OC(=O)N[C@@H](Cc3ccccc3)OB(O)O)C2)CC1. The van der Waals surface area contributed by atoms with Crippen molar-refractivity contribution in [2.75, 3.05) is 46.4 Å². The molecule has 42 heavy (non-hydrogen) atoms. The summed E-state index contributed by atoms with van der Waals surface area (Å²) in [6, 6.07) is 11.1. The summed E-state index contributed by atoms with van der Waals surface area (Å²) in [5, 5.41) is 31.0. The van der Waals surface area contributed by atoms with Crippen LogP contribution >= 0.6 is 0 Å². The first-order valence-electron chi connectivity index (χ1n) is 14.0. The maximum Gasteiger partial charge on any atom is 0.635 e. The summed E-state index contributed by atoms with van der Waals surface area (Å²) in [7, 11) is -0.751. The van der Waals surface area contributed by atoms with E-state index in [-0.39, 0.29) is 24.6 Å². The first-order chi connectivity index (χ1) is 20.0. The molecule has 14 heteroatoms. The van der Waals surface area contributed by atoms with E-state index in [1.807, 2.05) is 50.2 Å². The third-order valence-corrected chi connectivity index (χ3v) is 7.39. The number of ether oxygens (including phenoxy) is 2. The number of nitriles is 1. The third-order valence-electron chi connectivity index (χ3n) is 7.39. The number of amides is 3. The average Bonchev–Trinajstić information content (AvgIpc) is 3.20. The molecule has 2 aliphatic heterocycles. The topological polar surface area (TPSA) is 165 Å². The van der Waals surface area contributed by atoms with Crippen LogP contribution in [0.3, 0.4) is 0 Å². The van der Waals surface area contributed by atoms with Crippen molar-refractivity contribution in [3.63, 3.8) is 0 Å². The van der Waals surface area contributed by atoms with Crippen molar-refractivity contribution >= 4 is 25.4 Å². The molecule has 228 valence electrons. The molecule has 3 amide bonds. The van der Waals surface area contributed by atoms with Gasteiger partial charge in [-0.2, -0.15) is 5.26 Å². The van der Waals surface area contributed by atoms with Crippen molar-refractivity contribution in [1.29, 1.82) is 5.26 Å². The molecule has 2 fully saturated rings. The molecule has 0 radical (unpaired) electrons. The largest absolute Gasteiger partial charge is 0.635 e. The second kappa shape index (κ2) is 15.6. The van der Waals surface area contributed by atoms with Crippen LogP contribution in [0.25, 0.3) is 0 Å². The Bertz CT molecular complexity index is 1130. The highest BCUT2D eigenvalue weighted by atomic mass is 16.6. The number of alkyl carbamates (subject to hydrolysis) is 1. The molecule has 3 rings (SSSR count). The molecule has 0 bridgehead atoms. The molecule has 2 saturated heterocycles. The van der Waals surface area contributed by atoms with Crippen molar-refractivity contribution in [2.24, 2.45) is 0 Å². The van der Waals surface area contributed by atoms with Crippen LogP contribution in [0.1, 0.15) is 38.7 Å². The summed E-state index contributed by atoms with van der Waals surface area (Å²) in [5.41, 5.74) is 0.169. The zero-order valence-corrected chi connectivity index (χ0v) is 24.4. The molecular weight excluding hydrogens is 545 g/mol. The lowest BCUT2D eigenvalue weighted by molar-refractivity contribution is -0.128. The fraction of sp³-hybridized carbons (Fsp3) is 0.571. The number of carbonyl (C=O) groups is 3. The third kappa shape index (κ3) is 9.73. The van der Waals surface area contributed by atoms with Crippen molar-refractivity contribution in [3.05, 3.63) is 47.5 Å². The molecule has 13 nitrogen and oxygen atoms in total. The summed E-state index contributed by atoms with van der Waals surface area (Å²) in [5.74, 6) is -0.441. The fourth-order valence-electron chi connectivity index (χ4n) is 5.16. The number of hydrogen-bond acceptors (Lipinski definition) is 10. The van der Waals surface area contributed by atoms with Crippen molar-refractivity contribution < 1.29 is 38.6 Å². The Hall–Kier alpha value is -3.64. The number of piperazine rings is 1. The Morgan fingerprint density at radius 3 is 2.43 bits per heavy atom. The second-order valence-electron chi connectivity index (χ2n) is 10.8. The van der Waals surface area contributed by atoms with E-state index in [9.17, 15) is 29.7 Å². The van der Waals surface area contributed by atoms with Crippen LogP contribution in [0.5, 0.6) is 0 Å². The Labute approximate surface area is 246 Å². The maximum atomic E-state index is 13.5. The highest BCUT2D eigenvalue weighted by Gasteiger charge is 2.33. The first-order valence-corrected chi connectivity index (χ1v) is 14.0. The van der Waals surface area contributed by atoms with Gasteiger partial charge < -0.3 is 34.0 Å². The van der Waals surface area contributed by atoms with Gasteiger partial charge in [-0.25, -0.2) is 9.59 Å². The number of likely N-dealkylation sites (tertiary alicyclic amines) is 1. The number of rotatable bonds is 9. The molecule has 0 saturated carbocycles. The average molecular weight is 585 g/mol. The number of methoxy groups -OCH3 is 1. The molecule has 2 atom stereocenters. The summed E-state index contributed by atoms with van der Waals surface area (Å²) in [4.78, 5) is 43.3. The Morgan fingerprint density at radius 2 is 1.81 bits per heavy atom. The lowest BCUT2D eigenvalue weighted by atomic mass is 9.97. The number of nitrogens with zero attached hydrogens (tertiary/aromatic N) is 4. The number of nitrogens with one attached hydrogen (secondary N) is 1. The van der Waals surface area contributed by atoms with Gasteiger partial charge in [0.1, 0.15) is 24.0 Å². The molecular formula is C28H40BN5O8. The van der Waals surface area contributed by atoms with Gasteiger partial charge >= 0.3 is 19.5 Å². The van der Waals surface area contributed by atoms with E-state index < -0.39 is 37.2 Å². The van der Waals surface area contributed by atoms with E-state index in [1.54, 1.807) is 11.0 Å². The number of carbonyl (C=O) groups excluding carboxylic acids is 3. The van der Waals surface area contributed by atoms with Gasteiger partial charge in [0.15, 0.2) is 0 Å². The van der Waals surface area contributed by atoms with Crippen LogP contribution in [0.4, 0.5) is 9.59 Å². The summed E-state index contributed by atoms with van der Waals surface area (Å²) in [6.07, 6.45) is 0.845. The van der Waals surface area contributed by atoms with Gasteiger partial charge in [0.05, 0.1) is 13.7 Å². The number of benzene rings is 1. The molecule has 1 aromatic carbocycles. The van der Waals surface area contributed by atoms with E-state index in [1.165, 1.54) is 12.0 Å². The summed E-state index contributed by atoms with van der Waals surface area (Å²) in [6.45, 7) is 6.42. The van der Waals surface area contributed by atoms with E-state index in [0.717, 1.165) is 5.56 Å². The molecule has 1 aromatic rings. The van der Waals surface area contributed by atoms with Crippen LogP contribution < -0.4 is 5.32 Å². The molecule has 2 heterocycles. The van der Waals surface area contributed by atoms with Gasteiger partial charge in [0, 0.05) is 44.7 Å². The summed E-state index contributed by atoms with van der Waals surface area (Å²) >= 11 is 0.